The van der Waals surface area contributed by atoms with E-state index in [0.29, 0.717) is 11.1 Å². The van der Waals surface area contributed by atoms with Gasteiger partial charge in [-0.15, -0.1) is 13.2 Å². The lowest BCUT2D eigenvalue weighted by atomic mass is 9.88. The largest absolute Gasteiger partial charge is 0.573 e. The number of nitrogens with one attached hydrogen (secondary N) is 1. The number of aliphatic imine (C=N–C) groups is 1. The molecule has 3 aromatic carbocycles. The van der Waals surface area contributed by atoms with Gasteiger partial charge in [0.15, 0.2) is 0 Å². The van der Waals surface area contributed by atoms with Gasteiger partial charge in [0.1, 0.15) is 17.4 Å². The first-order valence-corrected chi connectivity index (χ1v) is 13.0. The summed E-state index contributed by atoms with van der Waals surface area (Å²) in [5.74, 6) is -2.59. The number of amides is 1. The molecule has 1 amide bonds. The summed E-state index contributed by atoms with van der Waals surface area (Å²) in [6.07, 6.45) is 0.375. The van der Waals surface area contributed by atoms with Gasteiger partial charge in [0.05, 0.1) is 17.5 Å². The smallest absolute Gasteiger partial charge is 0.406 e. The van der Waals surface area contributed by atoms with Crippen LogP contribution in [0, 0.1) is 17.6 Å². The molecule has 0 radical (unpaired) electrons. The van der Waals surface area contributed by atoms with E-state index in [1.807, 2.05) is 0 Å². The van der Waals surface area contributed by atoms with E-state index in [1.54, 1.807) is 24.3 Å². The molecule has 0 spiro atoms. The molecular formula is C30H27F5N2O2. The van der Waals surface area contributed by atoms with Gasteiger partial charge in [0.25, 0.3) is 0 Å². The molecule has 1 saturated carbocycles. The maximum absolute atomic E-state index is 14.6. The Kier molecular flexibility index (Phi) is 7.68. The van der Waals surface area contributed by atoms with Crippen LogP contribution >= 0.6 is 0 Å². The Balaban J connectivity index is 1.41. The molecule has 9 heteroatoms. The van der Waals surface area contributed by atoms with Crippen molar-refractivity contribution in [1.29, 1.82) is 0 Å². The fourth-order valence-electron chi connectivity index (χ4n) is 5.39. The van der Waals surface area contributed by atoms with E-state index in [0.717, 1.165) is 37.7 Å². The zero-order valence-electron chi connectivity index (χ0n) is 21.0. The van der Waals surface area contributed by atoms with Gasteiger partial charge < -0.3 is 10.1 Å². The van der Waals surface area contributed by atoms with E-state index in [4.69, 9.17) is 0 Å². The molecule has 5 rings (SSSR count). The molecule has 2 atom stereocenters. The highest BCUT2D eigenvalue weighted by Gasteiger charge is 2.38. The number of hydrogen-bond donors (Lipinski definition) is 1. The third-order valence-corrected chi connectivity index (χ3v) is 7.30. The summed E-state index contributed by atoms with van der Waals surface area (Å²) < 4.78 is 70.5. The van der Waals surface area contributed by atoms with Crippen LogP contribution in [-0.2, 0) is 4.79 Å². The summed E-state index contributed by atoms with van der Waals surface area (Å²) in [5, 5.41) is 3.13. The monoisotopic (exact) mass is 542 g/mol. The van der Waals surface area contributed by atoms with Crippen molar-refractivity contribution < 1.29 is 31.5 Å². The lowest BCUT2D eigenvalue weighted by Crippen LogP contribution is -2.41. The zero-order chi connectivity index (χ0) is 27.6. The van der Waals surface area contributed by atoms with E-state index in [-0.39, 0.29) is 35.4 Å². The second kappa shape index (κ2) is 11.2. The van der Waals surface area contributed by atoms with Crippen LogP contribution in [0.2, 0.25) is 0 Å². The number of carbonyl (C=O) groups excluding carboxylic acids is 1. The van der Waals surface area contributed by atoms with Crippen LogP contribution in [0.3, 0.4) is 0 Å². The van der Waals surface area contributed by atoms with E-state index in [2.05, 4.69) is 15.0 Å². The summed E-state index contributed by atoms with van der Waals surface area (Å²) in [7, 11) is 0. The van der Waals surface area contributed by atoms with Crippen molar-refractivity contribution in [2.24, 2.45) is 10.9 Å². The molecule has 204 valence electrons. The van der Waals surface area contributed by atoms with Crippen LogP contribution < -0.4 is 10.1 Å². The van der Waals surface area contributed by atoms with Crippen LogP contribution in [-0.4, -0.2) is 24.0 Å². The fraction of sp³-hybridized carbons (Fsp3) is 0.333. The lowest BCUT2D eigenvalue weighted by molar-refractivity contribution is -0.274. The predicted octanol–water partition coefficient (Wildman–Crippen LogP) is 7.53. The molecule has 2 aliphatic rings. The van der Waals surface area contributed by atoms with Crippen molar-refractivity contribution in [3.8, 4) is 16.9 Å². The summed E-state index contributed by atoms with van der Waals surface area (Å²) in [6.45, 7) is 0. The number of nitrogens with zero attached hydrogens (tertiary/aromatic N) is 1. The number of alkyl halides is 3. The molecule has 0 aromatic heterocycles. The molecule has 4 nitrogen and oxygen atoms in total. The van der Waals surface area contributed by atoms with Crippen LogP contribution in [0.1, 0.15) is 55.7 Å². The molecule has 0 bridgehead atoms. The van der Waals surface area contributed by atoms with Crippen molar-refractivity contribution in [3.63, 3.8) is 0 Å². The molecule has 1 aliphatic carbocycles. The summed E-state index contributed by atoms with van der Waals surface area (Å²) in [5.41, 5.74) is 2.11. The van der Waals surface area contributed by atoms with Crippen LogP contribution in [0.5, 0.6) is 5.75 Å². The SMILES string of the molecule is O=C(NC1CCCCC1)[C@H]1CC(c2c(F)cccc2F)=N[C@H]1c1ccc(-c2ccc(OC(F)(F)F)cc2)cc1. The molecule has 1 N–H and O–H groups in total. The zero-order valence-corrected chi connectivity index (χ0v) is 21.0. The van der Waals surface area contributed by atoms with Gasteiger partial charge in [-0.1, -0.05) is 61.7 Å². The minimum Gasteiger partial charge on any atom is -0.406 e. The summed E-state index contributed by atoms with van der Waals surface area (Å²) in [4.78, 5) is 18.0. The van der Waals surface area contributed by atoms with Crippen molar-refractivity contribution >= 4 is 11.6 Å². The Hall–Kier alpha value is -3.75. The van der Waals surface area contributed by atoms with Gasteiger partial charge in [-0.2, -0.15) is 0 Å². The summed E-state index contributed by atoms with van der Waals surface area (Å²) in [6, 6.07) is 15.7. The van der Waals surface area contributed by atoms with Gasteiger partial charge in [-0.3, -0.25) is 9.79 Å². The number of ether oxygens (including phenoxy) is 1. The highest BCUT2D eigenvalue weighted by Crippen LogP contribution is 2.39. The molecule has 0 saturated heterocycles. The molecular weight excluding hydrogens is 515 g/mol. The van der Waals surface area contributed by atoms with Crippen LogP contribution in [0.25, 0.3) is 11.1 Å². The van der Waals surface area contributed by atoms with Gasteiger partial charge in [-0.25, -0.2) is 8.78 Å². The van der Waals surface area contributed by atoms with Crippen LogP contribution in [0.4, 0.5) is 22.0 Å². The number of rotatable bonds is 6. The Morgan fingerprint density at radius 3 is 2.03 bits per heavy atom. The normalized spacial score (nSPS) is 20.0. The maximum atomic E-state index is 14.6. The van der Waals surface area contributed by atoms with Gasteiger partial charge >= 0.3 is 6.36 Å². The first-order valence-electron chi connectivity index (χ1n) is 13.0. The highest BCUT2D eigenvalue weighted by atomic mass is 19.4. The van der Waals surface area contributed by atoms with Gasteiger partial charge in [-0.05, 0) is 53.8 Å². The average molecular weight is 543 g/mol. The third-order valence-electron chi connectivity index (χ3n) is 7.30. The Morgan fingerprint density at radius 2 is 1.44 bits per heavy atom. The van der Waals surface area contributed by atoms with E-state index in [9.17, 15) is 26.7 Å². The van der Waals surface area contributed by atoms with Crippen molar-refractivity contribution in [3.05, 3.63) is 89.5 Å². The first kappa shape index (κ1) is 26.8. The highest BCUT2D eigenvalue weighted by molar-refractivity contribution is 6.05. The third kappa shape index (κ3) is 6.29. The lowest BCUT2D eigenvalue weighted by Gasteiger charge is -2.26. The fourth-order valence-corrected chi connectivity index (χ4v) is 5.39. The summed E-state index contributed by atoms with van der Waals surface area (Å²) >= 11 is 0. The standard InChI is InChI=1S/C30H27F5N2O2/c31-24-7-4-8-25(32)27(24)26-17-23(29(38)36-21-5-2-1-3-6-21)28(37-26)20-11-9-18(10-12-20)19-13-15-22(16-14-19)39-30(33,34)35/h4,7-16,21,23,28H,1-3,5-6,17H2,(H,36,38)/t23-,28-/m0/s1. The molecule has 1 aliphatic heterocycles. The molecule has 3 aromatic rings. The second-order valence-corrected chi connectivity index (χ2v) is 9.97. The number of benzene rings is 3. The molecule has 0 unspecified atom stereocenters. The molecule has 39 heavy (non-hydrogen) atoms. The molecule has 1 heterocycles. The topological polar surface area (TPSA) is 50.7 Å². The quantitative estimate of drug-likeness (QED) is 0.328. The van der Waals surface area contributed by atoms with E-state index in [1.165, 1.54) is 42.5 Å². The Bertz CT molecular complexity index is 1330. The van der Waals surface area contributed by atoms with Crippen LogP contribution in [0.15, 0.2) is 71.7 Å². The number of hydrogen-bond acceptors (Lipinski definition) is 3. The van der Waals surface area contributed by atoms with E-state index >= 15 is 0 Å². The van der Waals surface area contributed by atoms with Gasteiger partial charge in [0, 0.05) is 18.2 Å². The van der Waals surface area contributed by atoms with Crippen molar-refractivity contribution in [1.82, 2.24) is 5.32 Å². The van der Waals surface area contributed by atoms with Gasteiger partial charge in [0.2, 0.25) is 5.91 Å². The number of halogens is 5. The first-order chi connectivity index (χ1) is 18.7. The Morgan fingerprint density at radius 1 is 0.846 bits per heavy atom. The maximum Gasteiger partial charge on any atom is 0.573 e. The minimum absolute atomic E-state index is 0.0767. The second-order valence-electron chi connectivity index (χ2n) is 9.97. The molecule has 1 fully saturated rings. The Labute approximate surface area is 222 Å². The van der Waals surface area contributed by atoms with E-state index < -0.39 is 30.0 Å². The van der Waals surface area contributed by atoms with Crippen molar-refractivity contribution in [2.45, 2.75) is 57.0 Å². The predicted molar refractivity (Wildman–Crippen MR) is 137 cm³/mol. The minimum atomic E-state index is -4.77. The number of carbonyl (C=O) groups is 1. The van der Waals surface area contributed by atoms with Crippen molar-refractivity contribution in [2.75, 3.05) is 0 Å². The average Bonchev–Trinajstić information content (AvgIpc) is 3.34.